The van der Waals surface area contributed by atoms with Gasteiger partial charge in [0, 0.05) is 6.54 Å². The summed E-state index contributed by atoms with van der Waals surface area (Å²) >= 11 is 0. The zero-order valence-corrected chi connectivity index (χ0v) is 10.4. The first-order chi connectivity index (χ1) is 7.27. The van der Waals surface area contributed by atoms with Crippen molar-refractivity contribution >= 4 is 0 Å². The Morgan fingerprint density at radius 2 is 1.93 bits per heavy atom. The van der Waals surface area contributed by atoms with Gasteiger partial charge in [-0.25, -0.2) is 0 Å². The number of hydrogen-bond acceptors (Lipinski definition) is 1. The summed E-state index contributed by atoms with van der Waals surface area (Å²) in [5, 5.41) is 3.41. The molecule has 0 aromatic heterocycles. The Kier molecular flexibility index (Phi) is 4.83. The number of aryl methyl sites for hydroxylation is 2. The van der Waals surface area contributed by atoms with Crippen LogP contribution >= 0.6 is 0 Å². The van der Waals surface area contributed by atoms with Crippen molar-refractivity contribution in [2.24, 2.45) is 0 Å². The van der Waals surface area contributed by atoms with E-state index in [4.69, 9.17) is 0 Å². The van der Waals surface area contributed by atoms with Crippen LogP contribution in [0.15, 0.2) is 18.2 Å². The summed E-state index contributed by atoms with van der Waals surface area (Å²) < 4.78 is 0. The summed E-state index contributed by atoms with van der Waals surface area (Å²) in [6, 6.07) is 6.80. The van der Waals surface area contributed by atoms with Gasteiger partial charge in [0.25, 0.3) is 0 Å². The van der Waals surface area contributed by atoms with E-state index in [1.165, 1.54) is 29.7 Å². The molecule has 84 valence electrons. The lowest BCUT2D eigenvalue weighted by molar-refractivity contribution is 0.757. The van der Waals surface area contributed by atoms with Crippen LogP contribution in [0.5, 0.6) is 0 Å². The van der Waals surface area contributed by atoms with Gasteiger partial charge in [-0.05, 0) is 43.9 Å². The van der Waals surface area contributed by atoms with Crippen molar-refractivity contribution in [3.8, 4) is 0 Å². The van der Waals surface area contributed by atoms with Crippen LogP contribution < -0.4 is 5.32 Å². The molecule has 1 heteroatoms. The van der Waals surface area contributed by atoms with E-state index in [9.17, 15) is 0 Å². The van der Waals surface area contributed by atoms with Crippen LogP contribution in [0.3, 0.4) is 0 Å². The minimum absolute atomic E-state index is 0.751. The van der Waals surface area contributed by atoms with Gasteiger partial charge in [0.1, 0.15) is 0 Å². The van der Waals surface area contributed by atoms with Gasteiger partial charge < -0.3 is 5.32 Å². The highest BCUT2D eigenvalue weighted by Gasteiger charge is 2.17. The molecule has 1 fully saturated rings. The van der Waals surface area contributed by atoms with Gasteiger partial charge in [-0.2, -0.15) is 0 Å². The van der Waals surface area contributed by atoms with Gasteiger partial charge in [-0.1, -0.05) is 37.6 Å². The molecule has 1 aromatic carbocycles. The first-order valence-electron chi connectivity index (χ1n) is 6.05. The fourth-order valence-corrected chi connectivity index (χ4v) is 2.20. The molecule has 0 spiro atoms. The molecule has 1 atom stereocenters. The molecular formula is C14H23N. The molecule has 1 heterocycles. The molecule has 0 amide bonds. The van der Waals surface area contributed by atoms with Crippen molar-refractivity contribution in [2.45, 2.75) is 40.0 Å². The van der Waals surface area contributed by atoms with Gasteiger partial charge in [-0.15, -0.1) is 0 Å². The fourth-order valence-electron chi connectivity index (χ4n) is 2.20. The van der Waals surface area contributed by atoms with Crippen molar-refractivity contribution in [3.05, 3.63) is 34.9 Å². The van der Waals surface area contributed by atoms with E-state index in [1.807, 2.05) is 13.8 Å². The Morgan fingerprint density at radius 3 is 2.47 bits per heavy atom. The number of rotatable bonds is 1. The van der Waals surface area contributed by atoms with Gasteiger partial charge >= 0.3 is 0 Å². The first-order valence-corrected chi connectivity index (χ1v) is 6.05. The summed E-state index contributed by atoms with van der Waals surface area (Å²) in [6.07, 6.45) is 1.30. The molecule has 0 saturated carbocycles. The number of hydrogen-bond donors (Lipinski definition) is 1. The fraction of sp³-hybridized carbons (Fsp3) is 0.571. The monoisotopic (exact) mass is 205 g/mol. The quantitative estimate of drug-likeness (QED) is 0.741. The minimum atomic E-state index is 0.751. The molecule has 1 aromatic rings. The highest BCUT2D eigenvalue weighted by Crippen LogP contribution is 2.25. The SMILES string of the molecule is CC.Cc1ccc(C2CCNC2)c(C)c1. The summed E-state index contributed by atoms with van der Waals surface area (Å²) in [6.45, 7) is 10.7. The highest BCUT2D eigenvalue weighted by molar-refractivity contribution is 5.33. The van der Waals surface area contributed by atoms with Crippen molar-refractivity contribution in [3.63, 3.8) is 0 Å². The van der Waals surface area contributed by atoms with Crippen LogP contribution in [0.25, 0.3) is 0 Å². The van der Waals surface area contributed by atoms with Crippen LogP contribution in [0.1, 0.15) is 42.9 Å². The van der Waals surface area contributed by atoms with Crippen LogP contribution in [-0.2, 0) is 0 Å². The maximum atomic E-state index is 3.41. The standard InChI is InChI=1S/C12H17N.C2H6/c1-9-3-4-12(10(2)7-9)11-5-6-13-8-11;1-2/h3-4,7,11,13H,5-6,8H2,1-2H3;1-2H3. The Balaban J connectivity index is 0.000000531. The maximum Gasteiger partial charge on any atom is 0.00207 e. The van der Waals surface area contributed by atoms with Crippen LogP contribution in [0, 0.1) is 13.8 Å². The predicted molar refractivity (Wildman–Crippen MR) is 67.5 cm³/mol. The van der Waals surface area contributed by atoms with E-state index in [0.717, 1.165) is 12.5 Å². The average molecular weight is 205 g/mol. The zero-order chi connectivity index (χ0) is 11.3. The molecule has 1 aliphatic heterocycles. The topological polar surface area (TPSA) is 12.0 Å². The Hall–Kier alpha value is -0.820. The minimum Gasteiger partial charge on any atom is -0.316 e. The third-order valence-electron chi connectivity index (χ3n) is 2.93. The van der Waals surface area contributed by atoms with E-state index in [2.05, 4.69) is 37.4 Å². The van der Waals surface area contributed by atoms with E-state index in [-0.39, 0.29) is 0 Å². The summed E-state index contributed by atoms with van der Waals surface area (Å²) in [7, 11) is 0. The lowest BCUT2D eigenvalue weighted by atomic mass is 9.93. The van der Waals surface area contributed by atoms with Crippen molar-refractivity contribution in [1.82, 2.24) is 5.32 Å². The van der Waals surface area contributed by atoms with Crippen molar-refractivity contribution in [2.75, 3.05) is 13.1 Å². The van der Waals surface area contributed by atoms with E-state index in [0.29, 0.717) is 0 Å². The largest absolute Gasteiger partial charge is 0.316 e. The molecule has 0 radical (unpaired) electrons. The number of benzene rings is 1. The molecule has 0 aliphatic carbocycles. The Labute approximate surface area is 93.9 Å². The smallest absolute Gasteiger partial charge is 0.00207 e. The van der Waals surface area contributed by atoms with Crippen LogP contribution in [0.2, 0.25) is 0 Å². The second kappa shape index (κ2) is 5.92. The highest BCUT2D eigenvalue weighted by atomic mass is 14.9. The molecule has 15 heavy (non-hydrogen) atoms. The van der Waals surface area contributed by atoms with Gasteiger partial charge in [0.15, 0.2) is 0 Å². The molecule has 1 unspecified atom stereocenters. The molecule has 1 nitrogen and oxygen atoms in total. The average Bonchev–Trinajstić information content (AvgIpc) is 2.74. The van der Waals surface area contributed by atoms with Gasteiger partial charge in [0.2, 0.25) is 0 Å². The van der Waals surface area contributed by atoms with Crippen LogP contribution in [-0.4, -0.2) is 13.1 Å². The van der Waals surface area contributed by atoms with Crippen molar-refractivity contribution < 1.29 is 0 Å². The van der Waals surface area contributed by atoms with Crippen molar-refractivity contribution in [1.29, 1.82) is 0 Å². The molecule has 1 N–H and O–H groups in total. The third kappa shape index (κ3) is 3.07. The Morgan fingerprint density at radius 1 is 1.20 bits per heavy atom. The molecular weight excluding hydrogens is 182 g/mol. The Bertz CT molecular complexity index is 298. The second-order valence-corrected chi connectivity index (χ2v) is 4.05. The third-order valence-corrected chi connectivity index (χ3v) is 2.93. The van der Waals surface area contributed by atoms with Gasteiger partial charge in [-0.3, -0.25) is 0 Å². The normalized spacial score (nSPS) is 19.6. The molecule has 2 rings (SSSR count). The van der Waals surface area contributed by atoms with E-state index in [1.54, 1.807) is 0 Å². The zero-order valence-electron chi connectivity index (χ0n) is 10.4. The lowest BCUT2D eigenvalue weighted by Gasteiger charge is -2.12. The van der Waals surface area contributed by atoms with Crippen LogP contribution in [0.4, 0.5) is 0 Å². The summed E-state index contributed by atoms with van der Waals surface area (Å²) in [5.74, 6) is 0.751. The molecule has 0 bridgehead atoms. The van der Waals surface area contributed by atoms with Gasteiger partial charge in [0.05, 0.1) is 0 Å². The summed E-state index contributed by atoms with van der Waals surface area (Å²) in [4.78, 5) is 0. The lowest BCUT2D eigenvalue weighted by Crippen LogP contribution is -2.08. The predicted octanol–water partition coefficient (Wildman–Crippen LogP) is 3.41. The summed E-state index contributed by atoms with van der Waals surface area (Å²) in [5.41, 5.74) is 4.36. The van der Waals surface area contributed by atoms with E-state index >= 15 is 0 Å². The molecule has 1 aliphatic rings. The number of nitrogens with one attached hydrogen (secondary N) is 1. The van der Waals surface area contributed by atoms with E-state index < -0.39 is 0 Å². The second-order valence-electron chi connectivity index (χ2n) is 4.05. The first kappa shape index (κ1) is 12.3. The maximum absolute atomic E-state index is 3.41. The molecule has 1 saturated heterocycles.